The summed E-state index contributed by atoms with van der Waals surface area (Å²) >= 11 is 0. The predicted octanol–water partition coefficient (Wildman–Crippen LogP) is 3.11. The van der Waals surface area contributed by atoms with Gasteiger partial charge in [0.1, 0.15) is 0 Å². The minimum absolute atomic E-state index is 0.176. The summed E-state index contributed by atoms with van der Waals surface area (Å²) in [5.41, 5.74) is -0.725. The van der Waals surface area contributed by atoms with Gasteiger partial charge in [-0.1, -0.05) is 27.2 Å². The average molecular weight is 209 g/mol. The summed E-state index contributed by atoms with van der Waals surface area (Å²) < 4.78 is 0. The molecule has 2 nitrogen and oxygen atoms in total. The molecule has 0 heterocycles. The number of nitriles is 1. The Balaban J connectivity index is 2.75. The van der Waals surface area contributed by atoms with Crippen LogP contribution in [-0.4, -0.2) is 10.7 Å². The maximum Gasteiger partial charge on any atom is 0.0830 e. The van der Waals surface area contributed by atoms with Gasteiger partial charge in [0, 0.05) is 0 Å². The van der Waals surface area contributed by atoms with E-state index < -0.39 is 5.60 Å². The molecule has 1 rings (SSSR count). The number of aliphatic hydroxyl groups is 1. The first-order valence-corrected chi connectivity index (χ1v) is 6.16. The van der Waals surface area contributed by atoms with Gasteiger partial charge >= 0.3 is 0 Å². The zero-order valence-electron chi connectivity index (χ0n) is 10.2. The molecule has 1 fully saturated rings. The highest BCUT2D eigenvalue weighted by Gasteiger charge is 2.44. The third-order valence-electron chi connectivity index (χ3n) is 3.98. The van der Waals surface area contributed by atoms with Gasteiger partial charge in [-0.3, -0.25) is 0 Å². The Bertz CT molecular complexity index is 245. The molecule has 1 N–H and O–H groups in total. The van der Waals surface area contributed by atoms with E-state index in [9.17, 15) is 5.11 Å². The Morgan fingerprint density at radius 1 is 1.53 bits per heavy atom. The number of hydrogen-bond donors (Lipinski definition) is 1. The molecule has 0 amide bonds. The SMILES string of the molecule is CCCC(C#N)C1(O)CCC(C)CC1C. The Kier molecular flexibility index (Phi) is 4.16. The van der Waals surface area contributed by atoms with E-state index in [0.29, 0.717) is 5.92 Å². The normalized spacial score (nSPS) is 38.3. The van der Waals surface area contributed by atoms with Crippen LogP contribution in [0.25, 0.3) is 0 Å². The fourth-order valence-electron chi connectivity index (χ4n) is 2.88. The summed E-state index contributed by atoms with van der Waals surface area (Å²) in [6, 6.07) is 2.31. The molecule has 4 unspecified atom stereocenters. The largest absolute Gasteiger partial charge is 0.388 e. The highest BCUT2D eigenvalue weighted by molar-refractivity contribution is 5.03. The van der Waals surface area contributed by atoms with Gasteiger partial charge in [0.2, 0.25) is 0 Å². The number of hydrogen-bond acceptors (Lipinski definition) is 2. The van der Waals surface area contributed by atoms with Crippen LogP contribution in [0.2, 0.25) is 0 Å². The van der Waals surface area contributed by atoms with Gasteiger partial charge in [0.25, 0.3) is 0 Å². The van der Waals surface area contributed by atoms with Crippen LogP contribution in [0, 0.1) is 29.1 Å². The van der Waals surface area contributed by atoms with Gasteiger partial charge in [-0.25, -0.2) is 0 Å². The summed E-state index contributed by atoms with van der Waals surface area (Å²) in [5, 5.41) is 19.8. The Labute approximate surface area is 93.3 Å². The molecule has 0 bridgehead atoms. The lowest BCUT2D eigenvalue weighted by Crippen LogP contribution is -2.47. The maximum absolute atomic E-state index is 10.6. The third kappa shape index (κ3) is 2.52. The minimum atomic E-state index is -0.725. The van der Waals surface area contributed by atoms with Crippen molar-refractivity contribution in [3.8, 4) is 6.07 Å². The Morgan fingerprint density at radius 2 is 2.20 bits per heavy atom. The van der Waals surface area contributed by atoms with Crippen LogP contribution in [0.3, 0.4) is 0 Å². The van der Waals surface area contributed by atoms with Crippen LogP contribution in [0.1, 0.15) is 52.9 Å². The van der Waals surface area contributed by atoms with E-state index in [1.54, 1.807) is 0 Å². The predicted molar refractivity (Wildman–Crippen MR) is 61.1 cm³/mol. The molecular formula is C13H23NO. The van der Waals surface area contributed by atoms with Crippen molar-refractivity contribution in [1.29, 1.82) is 5.26 Å². The fraction of sp³-hybridized carbons (Fsp3) is 0.923. The molecular weight excluding hydrogens is 186 g/mol. The molecule has 0 spiro atoms. The molecule has 0 aromatic heterocycles. The van der Waals surface area contributed by atoms with Crippen LogP contribution >= 0.6 is 0 Å². The lowest BCUT2D eigenvalue weighted by atomic mass is 9.66. The molecule has 1 saturated carbocycles. The number of nitrogens with zero attached hydrogens (tertiary/aromatic N) is 1. The van der Waals surface area contributed by atoms with Gasteiger partial charge in [-0.15, -0.1) is 0 Å². The summed E-state index contributed by atoms with van der Waals surface area (Å²) in [4.78, 5) is 0. The molecule has 0 aromatic carbocycles. The Morgan fingerprint density at radius 3 is 2.67 bits per heavy atom. The summed E-state index contributed by atoms with van der Waals surface area (Å²) in [7, 11) is 0. The first-order valence-electron chi connectivity index (χ1n) is 6.16. The van der Waals surface area contributed by atoms with Gasteiger partial charge in [0.15, 0.2) is 0 Å². The molecule has 2 heteroatoms. The molecule has 86 valence electrons. The summed E-state index contributed by atoms with van der Waals surface area (Å²) in [5.74, 6) is 0.781. The van der Waals surface area contributed by atoms with E-state index in [1.165, 1.54) is 0 Å². The van der Waals surface area contributed by atoms with Crippen LogP contribution in [0.4, 0.5) is 0 Å². The van der Waals surface area contributed by atoms with Crippen LogP contribution < -0.4 is 0 Å². The zero-order valence-corrected chi connectivity index (χ0v) is 10.2. The van der Waals surface area contributed by atoms with Crippen molar-refractivity contribution in [2.75, 3.05) is 0 Å². The monoisotopic (exact) mass is 209 g/mol. The fourth-order valence-corrected chi connectivity index (χ4v) is 2.88. The van der Waals surface area contributed by atoms with E-state index in [4.69, 9.17) is 5.26 Å². The molecule has 0 radical (unpaired) electrons. The van der Waals surface area contributed by atoms with Gasteiger partial charge in [-0.2, -0.15) is 5.26 Å². The molecule has 1 aliphatic carbocycles. The van der Waals surface area contributed by atoms with E-state index in [0.717, 1.165) is 32.1 Å². The van der Waals surface area contributed by atoms with Crippen LogP contribution in [0.5, 0.6) is 0 Å². The van der Waals surface area contributed by atoms with E-state index >= 15 is 0 Å². The van der Waals surface area contributed by atoms with Crippen molar-refractivity contribution in [3.05, 3.63) is 0 Å². The topological polar surface area (TPSA) is 44.0 Å². The molecule has 15 heavy (non-hydrogen) atoms. The zero-order chi connectivity index (χ0) is 11.5. The highest BCUT2D eigenvalue weighted by atomic mass is 16.3. The van der Waals surface area contributed by atoms with Gasteiger partial charge < -0.3 is 5.11 Å². The lowest BCUT2D eigenvalue weighted by Gasteiger charge is -2.43. The Hall–Kier alpha value is -0.550. The minimum Gasteiger partial charge on any atom is -0.388 e. The average Bonchev–Trinajstić information content (AvgIpc) is 2.20. The second-order valence-corrected chi connectivity index (χ2v) is 5.24. The molecule has 0 saturated heterocycles. The maximum atomic E-state index is 10.6. The van der Waals surface area contributed by atoms with E-state index in [-0.39, 0.29) is 11.8 Å². The molecule has 1 aliphatic rings. The van der Waals surface area contributed by atoms with Crippen molar-refractivity contribution < 1.29 is 5.11 Å². The summed E-state index contributed by atoms with van der Waals surface area (Å²) in [6.45, 7) is 6.40. The second-order valence-electron chi connectivity index (χ2n) is 5.24. The van der Waals surface area contributed by atoms with Crippen LogP contribution in [-0.2, 0) is 0 Å². The first-order chi connectivity index (χ1) is 7.04. The van der Waals surface area contributed by atoms with Crippen molar-refractivity contribution in [2.45, 2.75) is 58.5 Å². The first kappa shape index (κ1) is 12.5. The van der Waals surface area contributed by atoms with Crippen molar-refractivity contribution in [3.63, 3.8) is 0 Å². The van der Waals surface area contributed by atoms with Crippen molar-refractivity contribution in [1.82, 2.24) is 0 Å². The van der Waals surface area contributed by atoms with Crippen molar-refractivity contribution in [2.24, 2.45) is 17.8 Å². The smallest absolute Gasteiger partial charge is 0.0830 e. The summed E-state index contributed by atoms with van der Waals surface area (Å²) in [6.07, 6.45) is 4.71. The van der Waals surface area contributed by atoms with Crippen molar-refractivity contribution >= 4 is 0 Å². The standard InChI is InChI=1S/C13H23NO/c1-4-5-12(9-14)13(15)7-6-10(2)8-11(13)3/h10-12,15H,4-8H2,1-3H3. The number of rotatable bonds is 3. The molecule has 0 aromatic rings. The quantitative estimate of drug-likeness (QED) is 0.776. The molecule has 0 aliphatic heterocycles. The third-order valence-corrected chi connectivity index (χ3v) is 3.98. The van der Waals surface area contributed by atoms with E-state index in [1.807, 2.05) is 0 Å². The molecule has 4 atom stereocenters. The van der Waals surface area contributed by atoms with Gasteiger partial charge in [0.05, 0.1) is 17.6 Å². The second kappa shape index (κ2) is 4.99. The lowest BCUT2D eigenvalue weighted by molar-refractivity contribution is -0.0844. The van der Waals surface area contributed by atoms with Gasteiger partial charge in [-0.05, 0) is 37.5 Å². The van der Waals surface area contributed by atoms with E-state index in [2.05, 4.69) is 26.8 Å². The highest BCUT2D eigenvalue weighted by Crippen LogP contribution is 2.42. The van der Waals surface area contributed by atoms with Crippen LogP contribution in [0.15, 0.2) is 0 Å².